The zero-order valence-corrected chi connectivity index (χ0v) is 13.4. The number of thioether (sulfide) groups is 1. The zero-order chi connectivity index (χ0) is 13.8. The summed E-state index contributed by atoms with van der Waals surface area (Å²) in [5.41, 5.74) is 6.39. The van der Waals surface area contributed by atoms with Crippen LogP contribution < -0.4 is 5.73 Å². The van der Waals surface area contributed by atoms with E-state index in [4.69, 9.17) is 17.3 Å². The van der Waals surface area contributed by atoms with E-state index in [9.17, 15) is 0 Å². The van der Waals surface area contributed by atoms with Crippen LogP contribution in [-0.4, -0.2) is 11.8 Å². The number of rotatable bonds is 4. The SMILES string of the molecule is CC1CCC(C(N)CSc2cccc(Cl)c2)CC1C. The van der Waals surface area contributed by atoms with Gasteiger partial charge in [0.05, 0.1) is 0 Å². The molecule has 2 rings (SSSR count). The topological polar surface area (TPSA) is 26.0 Å². The normalized spacial score (nSPS) is 29.2. The van der Waals surface area contributed by atoms with Crippen molar-refractivity contribution in [1.82, 2.24) is 0 Å². The molecule has 0 bridgehead atoms. The molecule has 0 spiro atoms. The van der Waals surface area contributed by atoms with Crippen molar-refractivity contribution in [2.24, 2.45) is 23.5 Å². The molecule has 1 saturated carbocycles. The molecule has 2 N–H and O–H groups in total. The summed E-state index contributed by atoms with van der Waals surface area (Å²) in [4.78, 5) is 1.22. The molecule has 0 radical (unpaired) electrons. The molecular formula is C16H24ClNS. The van der Waals surface area contributed by atoms with Gasteiger partial charge in [0.1, 0.15) is 0 Å². The quantitative estimate of drug-likeness (QED) is 0.805. The maximum absolute atomic E-state index is 6.39. The van der Waals surface area contributed by atoms with Gasteiger partial charge in [-0.15, -0.1) is 11.8 Å². The molecule has 3 heteroatoms. The standard InChI is InChI=1S/C16H24ClNS/c1-11-6-7-13(8-12(11)2)16(18)10-19-15-5-3-4-14(17)9-15/h3-5,9,11-13,16H,6-8,10,18H2,1-2H3. The molecule has 19 heavy (non-hydrogen) atoms. The summed E-state index contributed by atoms with van der Waals surface area (Å²) < 4.78 is 0. The predicted octanol–water partition coefficient (Wildman–Crippen LogP) is 4.83. The Balaban J connectivity index is 1.83. The van der Waals surface area contributed by atoms with Crippen LogP contribution in [0.1, 0.15) is 33.1 Å². The van der Waals surface area contributed by atoms with Gasteiger partial charge >= 0.3 is 0 Å². The number of nitrogens with two attached hydrogens (primary N) is 1. The first kappa shape index (κ1) is 15.2. The Morgan fingerprint density at radius 2 is 2.11 bits per heavy atom. The van der Waals surface area contributed by atoms with Crippen molar-refractivity contribution in [1.29, 1.82) is 0 Å². The Morgan fingerprint density at radius 1 is 1.32 bits per heavy atom. The van der Waals surface area contributed by atoms with Crippen LogP contribution in [0, 0.1) is 17.8 Å². The lowest BCUT2D eigenvalue weighted by atomic mass is 9.74. The highest BCUT2D eigenvalue weighted by Crippen LogP contribution is 2.35. The number of hydrogen-bond acceptors (Lipinski definition) is 2. The van der Waals surface area contributed by atoms with Crippen LogP contribution in [0.2, 0.25) is 5.02 Å². The molecule has 4 atom stereocenters. The van der Waals surface area contributed by atoms with Gasteiger partial charge < -0.3 is 5.73 Å². The third kappa shape index (κ3) is 4.40. The molecule has 4 unspecified atom stereocenters. The second kappa shape index (κ2) is 7.01. The van der Waals surface area contributed by atoms with Crippen LogP contribution in [0.15, 0.2) is 29.2 Å². The second-order valence-corrected chi connectivity index (χ2v) is 7.49. The van der Waals surface area contributed by atoms with E-state index in [1.165, 1.54) is 24.2 Å². The predicted molar refractivity (Wildman–Crippen MR) is 85.8 cm³/mol. The minimum Gasteiger partial charge on any atom is -0.327 e. The lowest BCUT2D eigenvalue weighted by molar-refractivity contribution is 0.192. The molecule has 1 nitrogen and oxygen atoms in total. The van der Waals surface area contributed by atoms with Crippen molar-refractivity contribution in [3.8, 4) is 0 Å². The third-order valence-electron chi connectivity index (χ3n) is 4.48. The Labute approximate surface area is 126 Å². The van der Waals surface area contributed by atoms with Gasteiger partial charge in [0, 0.05) is 21.7 Å². The molecule has 0 amide bonds. The van der Waals surface area contributed by atoms with Crippen LogP contribution in [0.5, 0.6) is 0 Å². The Bertz CT molecular complexity index is 409. The smallest absolute Gasteiger partial charge is 0.0417 e. The fourth-order valence-corrected chi connectivity index (χ4v) is 4.16. The molecule has 0 aliphatic heterocycles. The van der Waals surface area contributed by atoms with Gasteiger partial charge in [-0.05, 0) is 48.8 Å². The van der Waals surface area contributed by atoms with E-state index in [1.54, 1.807) is 0 Å². The van der Waals surface area contributed by atoms with Gasteiger partial charge in [0.2, 0.25) is 0 Å². The average Bonchev–Trinajstić information content (AvgIpc) is 2.39. The van der Waals surface area contributed by atoms with Gasteiger partial charge in [0.25, 0.3) is 0 Å². The second-order valence-electron chi connectivity index (χ2n) is 5.96. The van der Waals surface area contributed by atoms with Gasteiger partial charge in [-0.25, -0.2) is 0 Å². The maximum atomic E-state index is 6.39. The minimum absolute atomic E-state index is 0.305. The highest BCUT2D eigenvalue weighted by Gasteiger charge is 2.28. The van der Waals surface area contributed by atoms with Crippen LogP contribution in [0.25, 0.3) is 0 Å². The average molecular weight is 298 g/mol. The third-order valence-corrected chi connectivity index (χ3v) is 5.86. The first-order valence-corrected chi connectivity index (χ1v) is 8.56. The van der Waals surface area contributed by atoms with Crippen molar-refractivity contribution in [2.45, 2.75) is 44.0 Å². The first-order chi connectivity index (χ1) is 9.06. The monoisotopic (exact) mass is 297 g/mol. The van der Waals surface area contributed by atoms with Gasteiger partial charge in [-0.3, -0.25) is 0 Å². The van der Waals surface area contributed by atoms with E-state index in [0.29, 0.717) is 12.0 Å². The van der Waals surface area contributed by atoms with Crippen LogP contribution >= 0.6 is 23.4 Å². The molecule has 1 aromatic carbocycles. The molecule has 106 valence electrons. The van der Waals surface area contributed by atoms with Crippen molar-refractivity contribution in [3.63, 3.8) is 0 Å². The number of halogens is 1. The molecule has 1 aliphatic carbocycles. The highest BCUT2D eigenvalue weighted by atomic mass is 35.5. The maximum Gasteiger partial charge on any atom is 0.0417 e. The molecular weight excluding hydrogens is 274 g/mol. The summed E-state index contributed by atoms with van der Waals surface area (Å²) in [5, 5.41) is 0.804. The van der Waals surface area contributed by atoms with Gasteiger partial charge in [-0.2, -0.15) is 0 Å². The van der Waals surface area contributed by atoms with E-state index >= 15 is 0 Å². The van der Waals surface area contributed by atoms with E-state index in [-0.39, 0.29) is 0 Å². The Morgan fingerprint density at radius 3 is 2.79 bits per heavy atom. The van der Waals surface area contributed by atoms with Crippen molar-refractivity contribution in [3.05, 3.63) is 29.3 Å². The largest absolute Gasteiger partial charge is 0.327 e. The molecule has 1 fully saturated rings. The molecule has 0 heterocycles. The summed E-state index contributed by atoms with van der Waals surface area (Å²) in [5.74, 6) is 3.37. The highest BCUT2D eigenvalue weighted by molar-refractivity contribution is 7.99. The summed E-state index contributed by atoms with van der Waals surface area (Å²) >= 11 is 7.83. The summed E-state index contributed by atoms with van der Waals surface area (Å²) in [7, 11) is 0. The van der Waals surface area contributed by atoms with Crippen LogP contribution in [0.3, 0.4) is 0 Å². The summed E-state index contributed by atoms with van der Waals surface area (Å²) in [6.07, 6.45) is 3.92. The number of hydrogen-bond donors (Lipinski definition) is 1. The summed E-state index contributed by atoms with van der Waals surface area (Å²) in [6.45, 7) is 4.74. The van der Waals surface area contributed by atoms with E-state index in [2.05, 4.69) is 19.9 Å². The van der Waals surface area contributed by atoms with Crippen LogP contribution in [0.4, 0.5) is 0 Å². The van der Waals surface area contributed by atoms with Gasteiger partial charge in [0.15, 0.2) is 0 Å². The Kier molecular flexibility index (Phi) is 5.61. The van der Waals surface area contributed by atoms with E-state index in [1.807, 2.05) is 30.0 Å². The fourth-order valence-electron chi connectivity index (χ4n) is 2.86. The van der Waals surface area contributed by atoms with Crippen molar-refractivity contribution in [2.75, 3.05) is 5.75 Å². The number of benzene rings is 1. The van der Waals surface area contributed by atoms with Crippen molar-refractivity contribution >= 4 is 23.4 Å². The lowest BCUT2D eigenvalue weighted by Gasteiger charge is -2.35. The first-order valence-electron chi connectivity index (χ1n) is 7.20. The molecule has 0 aromatic heterocycles. The zero-order valence-electron chi connectivity index (χ0n) is 11.8. The van der Waals surface area contributed by atoms with E-state index < -0.39 is 0 Å². The fraction of sp³-hybridized carbons (Fsp3) is 0.625. The lowest BCUT2D eigenvalue weighted by Crippen LogP contribution is -2.37. The molecule has 0 saturated heterocycles. The van der Waals surface area contributed by atoms with Crippen LogP contribution in [-0.2, 0) is 0 Å². The summed E-state index contributed by atoms with van der Waals surface area (Å²) in [6, 6.07) is 8.34. The Hall–Kier alpha value is -0.180. The van der Waals surface area contributed by atoms with Crippen molar-refractivity contribution < 1.29 is 0 Å². The van der Waals surface area contributed by atoms with Gasteiger partial charge in [-0.1, -0.05) is 37.9 Å². The molecule has 1 aromatic rings. The van der Waals surface area contributed by atoms with E-state index in [0.717, 1.165) is 22.6 Å². The molecule has 1 aliphatic rings. The minimum atomic E-state index is 0.305.